The van der Waals surface area contributed by atoms with Crippen molar-refractivity contribution in [2.75, 3.05) is 13.2 Å². The summed E-state index contributed by atoms with van der Waals surface area (Å²) in [4.78, 5) is 15.3. The second-order valence-corrected chi connectivity index (χ2v) is 9.20. The first-order chi connectivity index (χ1) is 16.1. The van der Waals surface area contributed by atoms with Crippen molar-refractivity contribution >= 4 is 40.3 Å². The highest BCUT2D eigenvalue weighted by molar-refractivity contribution is 8.26. The molecule has 33 heavy (non-hydrogen) atoms. The highest BCUT2D eigenvalue weighted by Crippen LogP contribution is 2.35. The van der Waals surface area contributed by atoms with E-state index in [1.807, 2.05) is 71.6 Å². The molecule has 2 aromatic carbocycles. The van der Waals surface area contributed by atoms with Gasteiger partial charge < -0.3 is 4.74 Å². The molecule has 3 aromatic rings. The van der Waals surface area contributed by atoms with E-state index in [9.17, 15) is 4.79 Å². The average molecular weight is 476 g/mol. The number of ether oxygens (including phenoxy) is 1. The summed E-state index contributed by atoms with van der Waals surface area (Å²) in [5.74, 6) is 0.726. The Morgan fingerprint density at radius 3 is 2.61 bits per heavy atom. The van der Waals surface area contributed by atoms with Gasteiger partial charge >= 0.3 is 0 Å². The van der Waals surface area contributed by atoms with Crippen molar-refractivity contribution in [1.29, 1.82) is 0 Å². The van der Waals surface area contributed by atoms with Crippen molar-refractivity contribution in [2.45, 2.75) is 19.8 Å². The number of hydrogen-bond donors (Lipinski definition) is 0. The van der Waals surface area contributed by atoms with E-state index in [1.54, 1.807) is 11.0 Å². The van der Waals surface area contributed by atoms with Crippen LogP contribution in [0.5, 0.6) is 5.75 Å². The van der Waals surface area contributed by atoms with E-state index in [2.05, 4.69) is 13.5 Å². The van der Waals surface area contributed by atoms with Gasteiger partial charge in [-0.2, -0.15) is 5.10 Å². The molecule has 0 saturated carbocycles. The fourth-order valence-electron chi connectivity index (χ4n) is 3.44. The fraction of sp³-hybridized carbons (Fsp3) is 0.192. The lowest BCUT2D eigenvalue weighted by atomic mass is 10.1. The number of carbonyl (C=O) groups excluding carboxylic acids is 1. The number of rotatable bonds is 9. The number of thioether (sulfide) groups is 1. The molecule has 1 aliphatic heterocycles. The number of nitrogens with zero attached hydrogens (tertiary/aromatic N) is 3. The molecule has 1 aliphatic rings. The molecule has 2 heterocycles. The number of carbonyl (C=O) groups is 1. The average Bonchev–Trinajstić information content (AvgIpc) is 3.38. The van der Waals surface area contributed by atoms with Crippen LogP contribution in [0.3, 0.4) is 0 Å². The Morgan fingerprint density at radius 2 is 1.91 bits per heavy atom. The lowest BCUT2D eigenvalue weighted by molar-refractivity contribution is -0.122. The van der Waals surface area contributed by atoms with Crippen LogP contribution < -0.4 is 4.74 Å². The van der Waals surface area contributed by atoms with E-state index in [4.69, 9.17) is 22.1 Å². The quantitative estimate of drug-likeness (QED) is 0.212. The molecule has 0 spiro atoms. The van der Waals surface area contributed by atoms with E-state index in [0.29, 0.717) is 22.4 Å². The van der Waals surface area contributed by atoms with Gasteiger partial charge in [-0.05, 0) is 48.9 Å². The monoisotopic (exact) mass is 475 g/mol. The highest BCUT2D eigenvalue weighted by Gasteiger charge is 2.31. The predicted octanol–water partition coefficient (Wildman–Crippen LogP) is 6.11. The van der Waals surface area contributed by atoms with Crippen LogP contribution in [-0.4, -0.2) is 38.1 Å². The maximum Gasteiger partial charge on any atom is 0.266 e. The molecular formula is C26H25N3O2S2. The number of amides is 1. The number of unbranched alkanes of at least 4 members (excludes halogenated alkanes) is 1. The van der Waals surface area contributed by atoms with Crippen molar-refractivity contribution < 1.29 is 9.53 Å². The van der Waals surface area contributed by atoms with Gasteiger partial charge in [-0.3, -0.25) is 9.69 Å². The molecule has 1 amide bonds. The molecule has 1 saturated heterocycles. The van der Waals surface area contributed by atoms with E-state index >= 15 is 0 Å². The number of hydrogen-bond acceptors (Lipinski definition) is 5. The molecule has 4 rings (SSSR count). The Morgan fingerprint density at radius 1 is 1.15 bits per heavy atom. The molecule has 0 bridgehead atoms. The standard InChI is InChI=1S/C26H25N3O2S2/c1-3-5-15-28-25(30)23(33-26(28)32)17-20-18-29(21-9-7-6-8-10-21)27-24(20)19-11-13-22(14-12-19)31-16-4-2/h4,6-14,17-18H,2-3,5,15-16H2,1H3/b23-17-. The van der Waals surface area contributed by atoms with Gasteiger partial charge in [0.15, 0.2) is 0 Å². The molecule has 0 N–H and O–H groups in total. The SMILES string of the molecule is C=CCOc1ccc(-c2nn(-c3ccccc3)cc2/C=C2\SC(=S)N(CCCC)C2=O)cc1. The fourth-order valence-corrected chi connectivity index (χ4v) is 4.74. The third kappa shape index (κ3) is 5.26. The van der Waals surface area contributed by atoms with Crippen molar-refractivity contribution in [2.24, 2.45) is 0 Å². The van der Waals surface area contributed by atoms with Gasteiger partial charge in [0.05, 0.1) is 16.3 Å². The van der Waals surface area contributed by atoms with Gasteiger partial charge in [-0.1, -0.05) is 68.2 Å². The van der Waals surface area contributed by atoms with Crippen LogP contribution in [-0.2, 0) is 4.79 Å². The molecule has 7 heteroatoms. The van der Waals surface area contributed by atoms with Crippen molar-refractivity contribution in [3.05, 3.63) is 83.9 Å². The zero-order valence-electron chi connectivity index (χ0n) is 18.4. The van der Waals surface area contributed by atoms with Crippen molar-refractivity contribution in [1.82, 2.24) is 14.7 Å². The summed E-state index contributed by atoms with van der Waals surface area (Å²) >= 11 is 6.82. The van der Waals surface area contributed by atoms with Crippen LogP contribution >= 0.6 is 24.0 Å². The Bertz CT molecular complexity index is 1180. The van der Waals surface area contributed by atoms with Gasteiger partial charge in [-0.15, -0.1) is 0 Å². The number of benzene rings is 2. The van der Waals surface area contributed by atoms with Gasteiger partial charge in [-0.25, -0.2) is 4.68 Å². The van der Waals surface area contributed by atoms with Gasteiger partial charge in [0.25, 0.3) is 5.91 Å². The minimum Gasteiger partial charge on any atom is -0.490 e. The smallest absolute Gasteiger partial charge is 0.266 e. The van der Waals surface area contributed by atoms with E-state index in [1.165, 1.54) is 11.8 Å². The zero-order chi connectivity index (χ0) is 23.2. The molecule has 0 atom stereocenters. The van der Waals surface area contributed by atoms with Crippen LogP contribution in [0.2, 0.25) is 0 Å². The lowest BCUT2D eigenvalue weighted by Gasteiger charge is -2.12. The molecular weight excluding hydrogens is 450 g/mol. The number of para-hydroxylation sites is 1. The largest absolute Gasteiger partial charge is 0.490 e. The summed E-state index contributed by atoms with van der Waals surface area (Å²) in [6.45, 7) is 6.89. The van der Waals surface area contributed by atoms with Crippen molar-refractivity contribution in [3.8, 4) is 22.7 Å². The summed E-state index contributed by atoms with van der Waals surface area (Å²) < 4.78 is 8.05. The van der Waals surface area contributed by atoms with Crippen LogP contribution in [0.25, 0.3) is 23.0 Å². The molecule has 0 radical (unpaired) electrons. The van der Waals surface area contributed by atoms with Crippen LogP contribution in [0.15, 0.2) is 78.4 Å². The molecule has 1 aromatic heterocycles. The second kappa shape index (κ2) is 10.6. The summed E-state index contributed by atoms with van der Waals surface area (Å²) in [7, 11) is 0. The molecule has 5 nitrogen and oxygen atoms in total. The predicted molar refractivity (Wildman–Crippen MR) is 139 cm³/mol. The van der Waals surface area contributed by atoms with Crippen LogP contribution in [0, 0.1) is 0 Å². The zero-order valence-corrected chi connectivity index (χ0v) is 20.1. The summed E-state index contributed by atoms with van der Waals surface area (Å²) in [5, 5.41) is 4.85. The van der Waals surface area contributed by atoms with Gasteiger partial charge in [0.1, 0.15) is 16.7 Å². The first-order valence-electron chi connectivity index (χ1n) is 10.8. The number of aromatic nitrogens is 2. The maximum absolute atomic E-state index is 13.0. The van der Waals surface area contributed by atoms with Gasteiger partial charge in [0.2, 0.25) is 0 Å². The number of thiocarbonyl (C=S) groups is 1. The van der Waals surface area contributed by atoms with Crippen LogP contribution in [0.4, 0.5) is 0 Å². The summed E-state index contributed by atoms with van der Waals surface area (Å²) in [6.07, 6.45) is 7.50. The third-order valence-corrected chi connectivity index (χ3v) is 6.53. The normalized spacial score (nSPS) is 14.8. The lowest BCUT2D eigenvalue weighted by Crippen LogP contribution is -2.28. The molecule has 0 unspecified atom stereocenters. The summed E-state index contributed by atoms with van der Waals surface area (Å²) in [6, 6.07) is 17.7. The molecule has 168 valence electrons. The van der Waals surface area contributed by atoms with E-state index < -0.39 is 0 Å². The minimum atomic E-state index is -0.0370. The molecule has 0 aliphatic carbocycles. The molecule has 1 fully saturated rings. The van der Waals surface area contributed by atoms with Crippen LogP contribution in [0.1, 0.15) is 25.3 Å². The Labute approximate surface area is 203 Å². The van der Waals surface area contributed by atoms with E-state index in [-0.39, 0.29) is 5.91 Å². The first kappa shape index (κ1) is 23.0. The van der Waals surface area contributed by atoms with Crippen molar-refractivity contribution in [3.63, 3.8) is 0 Å². The Hall–Kier alpha value is -3.16. The third-order valence-electron chi connectivity index (χ3n) is 5.15. The first-order valence-corrected chi connectivity index (χ1v) is 12.1. The maximum atomic E-state index is 13.0. The Kier molecular flexibility index (Phi) is 7.42. The second-order valence-electron chi connectivity index (χ2n) is 7.52. The topological polar surface area (TPSA) is 47.4 Å². The Balaban J connectivity index is 1.72. The summed E-state index contributed by atoms with van der Waals surface area (Å²) in [5.41, 5.74) is 3.52. The van der Waals surface area contributed by atoms with Gasteiger partial charge in [0, 0.05) is 23.9 Å². The highest BCUT2D eigenvalue weighted by atomic mass is 32.2. The minimum absolute atomic E-state index is 0.0370. The van der Waals surface area contributed by atoms with E-state index in [0.717, 1.165) is 41.1 Å².